The number of hydrogen-bond donors (Lipinski definition) is 1. The zero-order valence-corrected chi connectivity index (χ0v) is 12.4. The fourth-order valence-corrected chi connectivity index (χ4v) is 3.20. The number of hydrogen-bond acceptors (Lipinski definition) is 2. The fourth-order valence-electron chi connectivity index (χ4n) is 3.02. The van der Waals surface area contributed by atoms with Gasteiger partial charge >= 0.3 is 0 Å². The number of rotatable bonds is 2. The Labute approximate surface area is 129 Å². The van der Waals surface area contributed by atoms with Gasteiger partial charge in [0, 0.05) is 17.0 Å². The normalized spacial score (nSPS) is 24.3. The van der Waals surface area contributed by atoms with Crippen molar-refractivity contribution >= 4 is 11.6 Å². The summed E-state index contributed by atoms with van der Waals surface area (Å²) in [4.78, 5) is 0. The van der Waals surface area contributed by atoms with E-state index < -0.39 is 6.10 Å². The van der Waals surface area contributed by atoms with Crippen LogP contribution in [0.15, 0.2) is 42.5 Å². The van der Waals surface area contributed by atoms with E-state index in [-0.39, 0.29) is 6.10 Å². The van der Waals surface area contributed by atoms with Crippen LogP contribution >= 0.6 is 11.6 Å². The van der Waals surface area contributed by atoms with E-state index in [9.17, 15) is 5.11 Å². The van der Waals surface area contributed by atoms with Crippen molar-refractivity contribution in [3.05, 3.63) is 64.2 Å². The summed E-state index contributed by atoms with van der Waals surface area (Å²) in [6.45, 7) is 0. The highest BCUT2D eigenvalue weighted by Gasteiger charge is 2.29. The molecular weight excluding hydrogens is 284 g/mol. The van der Waals surface area contributed by atoms with Crippen LogP contribution in [0.2, 0.25) is 5.02 Å². The molecular formula is C18H17ClO2. The summed E-state index contributed by atoms with van der Waals surface area (Å²) in [6, 6.07) is 14.1. The first-order valence-corrected chi connectivity index (χ1v) is 7.82. The largest absolute Gasteiger partial charge is 0.485 e. The molecule has 1 N–H and O–H groups in total. The predicted molar refractivity (Wildman–Crippen MR) is 82.8 cm³/mol. The summed E-state index contributed by atoms with van der Waals surface area (Å²) in [6.07, 6.45) is 2.57. The van der Waals surface area contributed by atoms with Crippen molar-refractivity contribution in [1.82, 2.24) is 0 Å². The molecule has 2 atom stereocenters. The highest BCUT2D eigenvalue weighted by molar-refractivity contribution is 6.30. The summed E-state index contributed by atoms with van der Waals surface area (Å²) < 4.78 is 6.04. The molecule has 108 valence electrons. The lowest BCUT2D eigenvalue weighted by atomic mass is 9.94. The Hall–Kier alpha value is -1.51. The number of aliphatic hydroxyl groups excluding tert-OH is 1. The van der Waals surface area contributed by atoms with Gasteiger partial charge in [0.15, 0.2) is 0 Å². The highest BCUT2D eigenvalue weighted by atomic mass is 35.5. The molecule has 0 bridgehead atoms. The van der Waals surface area contributed by atoms with Crippen LogP contribution < -0.4 is 4.74 Å². The molecule has 21 heavy (non-hydrogen) atoms. The van der Waals surface area contributed by atoms with E-state index in [4.69, 9.17) is 16.3 Å². The van der Waals surface area contributed by atoms with E-state index in [0.29, 0.717) is 11.4 Å². The zero-order chi connectivity index (χ0) is 14.4. The molecule has 1 saturated carbocycles. The first-order chi connectivity index (χ1) is 10.2. The van der Waals surface area contributed by atoms with Crippen molar-refractivity contribution in [3.8, 4) is 5.75 Å². The fraction of sp³-hybridized carbons (Fsp3) is 0.333. The van der Waals surface area contributed by atoms with E-state index in [2.05, 4.69) is 24.3 Å². The van der Waals surface area contributed by atoms with Gasteiger partial charge in [-0.3, -0.25) is 0 Å². The molecule has 1 aliphatic heterocycles. The Balaban J connectivity index is 1.60. The maximum atomic E-state index is 10.3. The van der Waals surface area contributed by atoms with Gasteiger partial charge in [-0.2, -0.15) is 0 Å². The second kappa shape index (κ2) is 5.04. The summed E-state index contributed by atoms with van der Waals surface area (Å²) >= 11 is 5.98. The molecule has 1 heterocycles. The van der Waals surface area contributed by atoms with Gasteiger partial charge in [0.05, 0.1) is 6.10 Å². The lowest BCUT2D eigenvalue weighted by Crippen LogP contribution is -2.19. The number of ether oxygens (including phenoxy) is 1. The molecule has 3 heteroatoms. The minimum atomic E-state index is -0.527. The van der Waals surface area contributed by atoms with Gasteiger partial charge in [0.25, 0.3) is 0 Å². The van der Waals surface area contributed by atoms with Crippen molar-refractivity contribution < 1.29 is 9.84 Å². The molecule has 0 aromatic heterocycles. The average Bonchev–Trinajstić information content (AvgIpc) is 3.33. The average molecular weight is 301 g/mol. The zero-order valence-electron chi connectivity index (χ0n) is 11.6. The lowest BCUT2D eigenvalue weighted by molar-refractivity contribution is 0.0657. The Morgan fingerprint density at radius 2 is 1.71 bits per heavy atom. The Bertz CT molecular complexity index is 661. The van der Waals surface area contributed by atoms with Gasteiger partial charge in [-0.1, -0.05) is 35.9 Å². The van der Waals surface area contributed by atoms with Crippen molar-refractivity contribution in [2.45, 2.75) is 37.4 Å². The van der Waals surface area contributed by atoms with Gasteiger partial charge < -0.3 is 9.84 Å². The van der Waals surface area contributed by atoms with Crippen LogP contribution in [0.25, 0.3) is 0 Å². The second-order valence-electron chi connectivity index (χ2n) is 5.98. The van der Waals surface area contributed by atoms with Crippen LogP contribution in [-0.4, -0.2) is 5.11 Å². The van der Waals surface area contributed by atoms with Gasteiger partial charge in [0.2, 0.25) is 0 Å². The topological polar surface area (TPSA) is 29.5 Å². The molecule has 2 nitrogen and oxygen atoms in total. The maximum absolute atomic E-state index is 10.3. The minimum Gasteiger partial charge on any atom is -0.485 e. The molecule has 0 saturated heterocycles. The quantitative estimate of drug-likeness (QED) is 0.865. The molecule has 0 spiro atoms. The van der Waals surface area contributed by atoms with Crippen molar-refractivity contribution in [2.75, 3.05) is 0 Å². The second-order valence-corrected chi connectivity index (χ2v) is 6.42. The smallest absolute Gasteiger partial charge is 0.127 e. The first kappa shape index (κ1) is 13.2. The molecule has 0 radical (unpaired) electrons. The number of benzene rings is 2. The molecule has 4 rings (SSSR count). The number of fused-ring (bicyclic) bond motifs is 1. The Morgan fingerprint density at radius 3 is 2.43 bits per heavy atom. The Kier molecular flexibility index (Phi) is 3.16. The van der Waals surface area contributed by atoms with Crippen LogP contribution in [0.4, 0.5) is 0 Å². The third-order valence-electron chi connectivity index (χ3n) is 4.39. The third kappa shape index (κ3) is 2.54. The van der Waals surface area contributed by atoms with E-state index in [1.165, 1.54) is 18.4 Å². The summed E-state index contributed by atoms with van der Waals surface area (Å²) in [5, 5.41) is 11.0. The molecule has 2 aliphatic rings. The maximum Gasteiger partial charge on any atom is 0.127 e. The van der Waals surface area contributed by atoms with Crippen molar-refractivity contribution in [2.24, 2.45) is 0 Å². The van der Waals surface area contributed by atoms with Crippen LogP contribution in [-0.2, 0) is 0 Å². The van der Waals surface area contributed by atoms with Gasteiger partial charge in [-0.25, -0.2) is 0 Å². The van der Waals surface area contributed by atoms with E-state index in [1.54, 1.807) is 12.1 Å². The third-order valence-corrected chi connectivity index (χ3v) is 4.63. The highest BCUT2D eigenvalue weighted by Crippen LogP contribution is 2.43. The van der Waals surface area contributed by atoms with Gasteiger partial charge in [-0.05, 0) is 48.1 Å². The number of halogens is 1. The van der Waals surface area contributed by atoms with Crippen molar-refractivity contribution in [3.63, 3.8) is 0 Å². The minimum absolute atomic E-state index is 0.0954. The van der Waals surface area contributed by atoms with Crippen LogP contribution in [0.3, 0.4) is 0 Å². The van der Waals surface area contributed by atoms with E-state index in [0.717, 1.165) is 22.8 Å². The van der Waals surface area contributed by atoms with Gasteiger partial charge in [0.1, 0.15) is 11.9 Å². The molecule has 1 aliphatic carbocycles. The monoisotopic (exact) mass is 300 g/mol. The molecule has 2 aromatic carbocycles. The predicted octanol–water partition coefficient (Wildman–Crippen LogP) is 4.77. The lowest BCUT2D eigenvalue weighted by Gasteiger charge is -2.30. The summed E-state index contributed by atoms with van der Waals surface area (Å²) in [7, 11) is 0. The number of aliphatic hydroxyl groups is 1. The standard InChI is InChI=1S/C18H17ClO2/c19-14-7-8-17-15(9-14)16(20)10-18(21-17)13-5-3-12(4-6-13)11-1-2-11/h3-9,11,16,18,20H,1-2,10H2. The van der Waals surface area contributed by atoms with E-state index >= 15 is 0 Å². The summed E-state index contributed by atoms with van der Waals surface area (Å²) in [5.41, 5.74) is 3.33. The molecule has 2 aromatic rings. The van der Waals surface area contributed by atoms with Crippen LogP contribution in [0, 0.1) is 0 Å². The van der Waals surface area contributed by atoms with Crippen LogP contribution in [0.5, 0.6) is 5.75 Å². The van der Waals surface area contributed by atoms with Crippen LogP contribution in [0.1, 0.15) is 54.1 Å². The first-order valence-electron chi connectivity index (χ1n) is 7.45. The van der Waals surface area contributed by atoms with E-state index in [1.807, 2.05) is 6.07 Å². The molecule has 0 amide bonds. The SMILES string of the molecule is OC1CC(c2ccc(C3CC3)cc2)Oc2ccc(Cl)cc21. The Morgan fingerprint density at radius 1 is 1.00 bits per heavy atom. The summed E-state index contributed by atoms with van der Waals surface area (Å²) in [5.74, 6) is 1.49. The molecule has 2 unspecified atom stereocenters. The van der Waals surface area contributed by atoms with Crippen molar-refractivity contribution in [1.29, 1.82) is 0 Å². The van der Waals surface area contributed by atoms with Gasteiger partial charge in [-0.15, -0.1) is 0 Å². The molecule has 1 fully saturated rings.